The molecule has 2 heterocycles. The lowest BCUT2D eigenvalue weighted by atomic mass is 10.1. The average Bonchev–Trinajstić information content (AvgIpc) is 2.97. The number of para-hydroxylation sites is 1. The van der Waals surface area contributed by atoms with E-state index in [1.165, 1.54) is 10.9 Å². The van der Waals surface area contributed by atoms with Gasteiger partial charge in [0.1, 0.15) is 11.1 Å². The van der Waals surface area contributed by atoms with Crippen LogP contribution >= 0.6 is 0 Å². The first-order valence-corrected chi connectivity index (χ1v) is 7.12. The predicted octanol–water partition coefficient (Wildman–Crippen LogP) is 3.06. The fraction of sp³-hybridized carbons (Fsp3) is 0.0556. The standard InChI is InChI=1S/C18H11N3O2/c19-9-12-5-1-2-6-13(12)10-21-11-20-16-14-7-3-4-8-15(14)23-17(16)18(21)22/h1-8,11H,10H2. The SMILES string of the molecule is N#Cc1ccccc1Cn1cnc2c(oc3ccccc32)c1=O. The van der Waals surface area contributed by atoms with E-state index in [1.54, 1.807) is 12.1 Å². The number of furan rings is 1. The van der Waals surface area contributed by atoms with E-state index in [0.29, 0.717) is 16.7 Å². The maximum Gasteiger partial charge on any atom is 0.297 e. The summed E-state index contributed by atoms with van der Waals surface area (Å²) >= 11 is 0. The van der Waals surface area contributed by atoms with E-state index in [9.17, 15) is 4.79 Å². The Labute approximate surface area is 131 Å². The zero-order valence-corrected chi connectivity index (χ0v) is 12.1. The highest BCUT2D eigenvalue weighted by Crippen LogP contribution is 2.24. The van der Waals surface area contributed by atoms with Crippen LogP contribution in [0.25, 0.3) is 22.1 Å². The second-order valence-electron chi connectivity index (χ2n) is 5.22. The smallest absolute Gasteiger partial charge is 0.297 e. The molecule has 0 atom stereocenters. The molecule has 5 nitrogen and oxygen atoms in total. The van der Waals surface area contributed by atoms with Crippen LogP contribution in [0.3, 0.4) is 0 Å². The van der Waals surface area contributed by atoms with Crippen LogP contribution in [0.4, 0.5) is 0 Å². The summed E-state index contributed by atoms with van der Waals surface area (Å²) < 4.78 is 7.12. The molecule has 0 unspecified atom stereocenters. The van der Waals surface area contributed by atoms with Crippen molar-refractivity contribution in [3.63, 3.8) is 0 Å². The topological polar surface area (TPSA) is 71.8 Å². The van der Waals surface area contributed by atoms with E-state index in [0.717, 1.165) is 10.9 Å². The van der Waals surface area contributed by atoms with E-state index in [1.807, 2.05) is 36.4 Å². The largest absolute Gasteiger partial charge is 0.448 e. The normalized spacial score (nSPS) is 10.9. The first-order chi connectivity index (χ1) is 11.3. The number of hydrogen-bond donors (Lipinski definition) is 0. The van der Waals surface area contributed by atoms with Crippen LogP contribution in [0.1, 0.15) is 11.1 Å². The van der Waals surface area contributed by atoms with Gasteiger partial charge < -0.3 is 4.42 Å². The summed E-state index contributed by atoms with van der Waals surface area (Å²) in [5.74, 6) is 0. The first-order valence-electron chi connectivity index (χ1n) is 7.12. The van der Waals surface area contributed by atoms with E-state index in [2.05, 4.69) is 11.1 Å². The van der Waals surface area contributed by atoms with Crippen molar-refractivity contribution in [2.24, 2.45) is 0 Å². The monoisotopic (exact) mass is 301 g/mol. The van der Waals surface area contributed by atoms with Crippen molar-refractivity contribution < 1.29 is 4.42 Å². The third-order valence-corrected chi connectivity index (χ3v) is 3.83. The maximum atomic E-state index is 12.6. The van der Waals surface area contributed by atoms with Gasteiger partial charge in [0, 0.05) is 5.39 Å². The van der Waals surface area contributed by atoms with Crippen LogP contribution in [0.5, 0.6) is 0 Å². The van der Waals surface area contributed by atoms with Crippen LogP contribution < -0.4 is 5.56 Å². The Morgan fingerprint density at radius 1 is 1.13 bits per heavy atom. The van der Waals surface area contributed by atoms with Gasteiger partial charge in [0.2, 0.25) is 5.58 Å². The van der Waals surface area contributed by atoms with Crippen LogP contribution in [-0.2, 0) is 6.54 Å². The van der Waals surface area contributed by atoms with Crippen molar-refractivity contribution in [1.82, 2.24) is 9.55 Å². The molecule has 0 aliphatic carbocycles. The number of nitriles is 1. The molecule has 4 rings (SSSR count). The molecule has 2 aromatic heterocycles. The van der Waals surface area contributed by atoms with Crippen molar-refractivity contribution in [3.05, 3.63) is 76.3 Å². The molecular weight excluding hydrogens is 290 g/mol. The van der Waals surface area contributed by atoms with Gasteiger partial charge in [0.05, 0.1) is 24.5 Å². The molecule has 0 radical (unpaired) electrons. The Hall–Kier alpha value is -3.39. The second-order valence-corrected chi connectivity index (χ2v) is 5.22. The highest BCUT2D eigenvalue weighted by atomic mass is 16.3. The minimum absolute atomic E-state index is 0.239. The minimum Gasteiger partial charge on any atom is -0.448 e. The summed E-state index contributed by atoms with van der Waals surface area (Å²) in [5.41, 5.74) is 2.51. The van der Waals surface area contributed by atoms with Gasteiger partial charge in [0.15, 0.2) is 0 Å². The number of nitrogens with zero attached hydrogens (tertiary/aromatic N) is 3. The Bertz CT molecular complexity index is 1130. The zero-order chi connectivity index (χ0) is 15.8. The number of aromatic nitrogens is 2. The quantitative estimate of drug-likeness (QED) is 0.570. The molecular formula is C18H11N3O2. The molecule has 23 heavy (non-hydrogen) atoms. The summed E-state index contributed by atoms with van der Waals surface area (Å²) in [6.07, 6.45) is 1.50. The molecule has 0 aliphatic rings. The summed E-state index contributed by atoms with van der Waals surface area (Å²) in [6, 6.07) is 16.8. The Balaban J connectivity index is 1.89. The molecule has 110 valence electrons. The van der Waals surface area contributed by atoms with E-state index >= 15 is 0 Å². The lowest BCUT2D eigenvalue weighted by Crippen LogP contribution is -2.21. The fourth-order valence-electron chi connectivity index (χ4n) is 2.68. The number of fused-ring (bicyclic) bond motifs is 3. The van der Waals surface area contributed by atoms with Gasteiger partial charge in [0.25, 0.3) is 5.56 Å². The van der Waals surface area contributed by atoms with Gasteiger partial charge >= 0.3 is 0 Å². The molecule has 0 N–H and O–H groups in total. The van der Waals surface area contributed by atoms with Gasteiger partial charge in [-0.25, -0.2) is 4.98 Å². The molecule has 0 aliphatic heterocycles. The lowest BCUT2D eigenvalue weighted by molar-refractivity contribution is 0.642. The number of hydrogen-bond acceptors (Lipinski definition) is 4. The molecule has 0 saturated carbocycles. The molecule has 0 amide bonds. The summed E-state index contributed by atoms with van der Waals surface area (Å²) in [7, 11) is 0. The highest BCUT2D eigenvalue weighted by Gasteiger charge is 2.13. The summed E-state index contributed by atoms with van der Waals surface area (Å²) in [6.45, 7) is 0.280. The first kappa shape index (κ1) is 13.3. The van der Waals surface area contributed by atoms with Gasteiger partial charge in [-0.3, -0.25) is 9.36 Å². The Kier molecular flexibility index (Phi) is 2.95. The third-order valence-electron chi connectivity index (χ3n) is 3.83. The van der Waals surface area contributed by atoms with E-state index < -0.39 is 0 Å². The van der Waals surface area contributed by atoms with Crippen molar-refractivity contribution >= 4 is 22.1 Å². The Morgan fingerprint density at radius 2 is 1.91 bits per heavy atom. The molecule has 0 bridgehead atoms. The third kappa shape index (κ3) is 2.09. The number of rotatable bonds is 2. The molecule has 5 heteroatoms. The number of benzene rings is 2. The second kappa shape index (κ2) is 5.11. The van der Waals surface area contributed by atoms with Crippen molar-refractivity contribution in [3.8, 4) is 6.07 Å². The van der Waals surface area contributed by atoms with Crippen molar-refractivity contribution in [1.29, 1.82) is 5.26 Å². The predicted molar refractivity (Wildman–Crippen MR) is 86.0 cm³/mol. The van der Waals surface area contributed by atoms with Gasteiger partial charge in [-0.2, -0.15) is 5.26 Å². The lowest BCUT2D eigenvalue weighted by Gasteiger charge is -2.06. The molecule has 0 fully saturated rings. The minimum atomic E-state index is -0.251. The van der Waals surface area contributed by atoms with Gasteiger partial charge in [-0.1, -0.05) is 30.3 Å². The van der Waals surface area contributed by atoms with E-state index in [4.69, 9.17) is 9.68 Å². The zero-order valence-electron chi connectivity index (χ0n) is 12.1. The van der Waals surface area contributed by atoms with Crippen molar-refractivity contribution in [2.45, 2.75) is 6.54 Å². The van der Waals surface area contributed by atoms with E-state index in [-0.39, 0.29) is 17.7 Å². The maximum absolute atomic E-state index is 12.6. The summed E-state index contributed by atoms with van der Waals surface area (Å²) in [5, 5.41) is 9.98. The molecule has 4 aromatic rings. The van der Waals surface area contributed by atoms with Gasteiger partial charge in [-0.05, 0) is 23.8 Å². The molecule has 2 aromatic carbocycles. The Morgan fingerprint density at radius 3 is 2.78 bits per heavy atom. The summed E-state index contributed by atoms with van der Waals surface area (Å²) in [4.78, 5) is 17.0. The van der Waals surface area contributed by atoms with Crippen LogP contribution in [0.15, 0.2) is 64.1 Å². The van der Waals surface area contributed by atoms with Crippen molar-refractivity contribution in [2.75, 3.05) is 0 Å². The van der Waals surface area contributed by atoms with Crippen LogP contribution in [0, 0.1) is 11.3 Å². The van der Waals surface area contributed by atoms with Gasteiger partial charge in [-0.15, -0.1) is 0 Å². The van der Waals surface area contributed by atoms with Crippen LogP contribution in [0.2, 0.25) is 0 Å². The van der Waals surface area contributed by atoms with Crippen LogP contribution in [-0.4, -0.2) is 9.55 Å². The molecule has 0 spiro atoms. The average molecular weight is 301 g/mol. The fourth-order valence-corrected chi connectivity index (χ4v) is 2.68. The highest BCUT2D eigenvalue weighted by molar-refractivity contribution is 6.01. The molecule has 0 saturated heterocycles.